The summed E-state index contributed by atoms with van der Waals surface area (Å²) < 4.78 is 26.8. The highest BCUT2D eigenvalue weighted by Gasteiger charge is 2.28. The zero-order valence-corrected chi connectivity index (χ0v) is 12.4. The van der Waals surface area contributed by atoms with E-state index in [9.17, 15) is 8.78 Å². The van der Waals surface area contributed by atoms with E-state index in [0.717, 1.165) is 25.3 Å². The molecule has 0 saturated carbocycles. The minimum atomic E-state index is -0.550. The Morgan fingerprint density at radius 1 is 1.33 bits per heavy atom. The smallest absolute Gasteiger partial charge is 0.129 e. The van der Waals surface area contributed by atoms with Crippen LogP contribution in [0.15, 0.2) is 29.6 Å². The van der Waals surface area contributed by atoms with Crippen LogP contribution < -0.4 is 11.3 Å². The third-order valence-electron chi connectivity index (χ3n) is 4.25. The lowest BCUT2D eigenvalue weighted by Crippen LogP contribution is -2.42. The highest BCUT2D eigenvalue weighted by atomic mass is 32.1. The van der Waals surface area contributed by atoms with E-state index < -0.39 is 11.6 Å². The molecule has 112 valence electrons. The maximum absolute atomic E-state index is 13.8. The molecule has 0 amide bonds. The maximum Gasteiger partial charge on any atom is 0.129 e. The van der Waals surface area contributed by atoms with Crippen LogP contribution in [0.25, 0.3) is 0 Å². The summed E-state index contributed by atoms with van der Waals surface area (Å²) in [5, 5.41) is 2.11. The molecular formula is C16H18F2N2S. The Bertz CT molecular complexity index is 626. The van der Waals surface area contributed by atoms with Crippen LogP contribution in [0.4, 0.5) is 8.78 Å². The molecule has 0 saturated heterocycles. The lowest BCUT2D eigenvalue weighted by atomic mass is 9.80. The molecule has 0 radical (unpaired) electrons. The Labute approximate surface area is 127 Å². The second kappa shape index (κ2) is 6.22. The summed E-state index contributed by atoms with van der Waals surface area (Å²) >= 11 is 1.78. The summed E-state index contributed by atoms with van der Waals surface area (Å²) in [7, 11) is 0. The Hall–Kier alpha value is -1.30. The van der Waals surface area contributed by atoms with E-state index in [2.05, 4.69) is 16.9 Å². The molecular weight excluding hydrogens is 290 g/mol. The van der Waals surface area contributed by atoms with Crippen LogP contribution in [0.2, 0.25) is 0 Å². The van der Waals surface area contributed by atoms with E-state index in [1.165, 1.54) is 22.6 Å². The second-order valence-corrected chi connectivity index (χ2v) is 6.51. The molecule has 1 aromatic heterocycles. The highest BCUT2D eigenvalue weighted by Crippen LogP contribution is 2.37. The van der Waals surface area contributed by atoms with Crippen molar-refractivity contribution in [1.29, 1.82) is 0 Å². The van der Waals surface area contributed by atoms with Gasteiger partial charge in [0.25, 0.3) is 0 Å². The second-order valence-electron chi connectivity index (χ2n) is 5.51. The van der Waals surface area contributed by atoms with Crippen LogP contribution in [-0.2, 0) is 12.8 Å². The van der Waals surface area contributed by atoms with E-state index in [4.69, 9.17) is 5.84 Å². The van der Waals surface area contributed by atoms with Crippen molar-refractivity contribution in [2.45, 2.75) is 37.6 Å². The van der Waals surface area contributed by atoms with E-state index in [0.29, 0.717) is 12.0 Å². The first-order valence-corrected chi connectivity index (χ1v) is 8.03. The third-order valence-corrected chi connectivity index (χ3v) is 5.25. The fraction of sp³-hybridized carbons (Fsp3) is 0.375. The molecule has 2 unspecified atom stereocenters. The number of thiophene rings is 1. The van der Waals surface area contributed by atoms with E-state index in [1.807, 2.05) is 0 Å². The summed E-state index contributed by atoms with van der Waals surface area (Å²) in [6.45, 7) is 0. The normalized spacial score (nSPS) is 19.3. The molecule has 0 spiro atoms. The number of aryl methyl sites for hydroxylation is 1. The molecule has 1 aromatic carbocycles. The van der Waals surface area contributed by atoms with Gasteiger partial charge in [0, 0.05) is 22.9 Å². The van der Waals surface area contributed by atoms with Crippen molar-refractivity contribution in [1.82, 2.24) is 5.43 Å². The van der Waals surface area contributed by atoms with Gasteiger partial charge in [-0.15, -0.1) is 11.3 Å². The number of fused-ring (bicyclic) bond motifs is 1. The minimum absolute atomic E-state index is 0.0430. The molecule has 0 aliphatic heterocycles. The molecule has 2 aromatic rings. The molecule has 2 atom stereocenters. The molecule has 1 aliphatic rings. The topological polar surface area (TPSA) is 38.0 Å². The molecule has 0 fully saturated rings. The fourth-order valence-corrected chi connectivity index (χ4v) is 4.18. The van der Waals surface area contributed by atoms with Gasteiger partial charge in [-0.25, -0.2) is 8.78 Å². The van der Waals surface area contributed by atoms with Crippen LogP contribution in [0, 0.1) is 11.6 Å². The maximum atomic E-state index is 13.8. The zero-order chi connectivity index (χ0) is 14.8. The first-order chi connectivity index (χ1) is 10.2. The number of benzene rings is 1. The standard InChI is InChI=1S/C16H18F2N2S/c17-11-5-4-10(14(18)9-11)8-15(20-19)12-2-1-3-16-13(12)6-7-21-16/h4-7,9,12,15,20H,1-3,8,19H2. The van der Waals surface area contributed by atoms with Gasteiger partial charge in [-0.2, -0.15) is 0 Å². The number of rotatable bonds is 4. The van der Waals surface area contributed by atoms with Gasteiger partial charge < -0.3 is 0 Å². The lowest BCUT2D eigenvalue weighted by molar-refractivity contribution is 0.392. The zero-order valence-electron chi connectivity index (χ0n) is 11.6. The van der Waals surface area contributed by atoms with Crippen LogP contribution >= 0.6 is 11.3 Å². The number of nitrogens with one attached hydrogen (secondary N) is 1. The lowest BCUT2D eigenvalue weighted by Gasteiger charge is -2.30. The van der Waals surface area contributed by atoms with Gasteiger partial charge in [0.15, 0.2) is 0 Å². The van der Waals surface area contributed by atoms with Crippen LogP contribution in [-0.4, -0.2) is 6.04 Å². The predicted molar refractivity (Wildman–Crippen MR) is 81.2 cm³/mol. The molecule has 3 rings (SSSR count). The first-order valence-electron chi connectivity index (χ1n) is 7.15. The molecule has 1 heterocycles. The average molecular weight is 308 g/mol. The number of hydrogen-bond donors (Lipinski definition) is 2. The summed E-state index contributed by atoms with van der Waals surface area (Å²) in [6.07, 6.45) is 3.75. The van der Waals surface area contributed by atoms with E-state index in [1.54, 1.807) is 11.3 Å². The van der Waals surface area contributed by atoms with Crippen LogP contribution in [0.3, 0.4) is 0 Å². The Morgan fingerprint density at radius 2 is 2.19 bits per heavy atom. The molecule has 3 N–H and O–H groups in total. The van der Waals surface area contributed by atoms with Crippen LogP contribution in [0.1, 0.15) is 34.8 Å². The molecule has 0 bridgehead atoms. The van der Waals surface area contributed by atoms with Gasteiger partial charge in [0.2, 0.25) is 0 Å². The monoisotopic (exact) mass is 308 g/mol. The van der Waals surface area contributed by atoms with Crippen molar-refractivity contribution < 1.29 is 8.78 Å². The number of hydrogen-bond acceptors (Lipinski definition) is 3. The van der Waals surface area contributed by atoms with Crippen LogP contribution in [0.5, 0.6) is 0 Å². The minimum Gasteiger partial charge on any atom is -0.271 e. The van der Waals surface area contributed by atoms with Crippen molar-refractivity contribution in [2.24, 2.45) is 5.84 Å². The predicted octanol–water partition coefficient (Wildman–Crippen LogP) is 3.52. The van der Waals surface area contributed by atoms with Gasteiger partial charge >= 0.3 is 0 Å². The summed E-state index contributed by atoms with van der Waals surface area (Å²) in [5.41, 5.74) is 4.67. The summed E-state index contributed by atoms with van der Waals surface area (Å²) in [6, 6.07) is 5.84. The van der Waals surface area contributed by atoms with Gasteiger partial charge in [0.1, 0.15) is 11.6 Å². The molecule has 21 heavy (non-hydrogen) atoms. The van der Waals surface area contributed by atoms with Gasteiger partial charge in [-0.1, -0.05) is 6.07 Å². The van der Waals surface area contributed by atoms with Gasteiger partial charge in [0.05, 0.1) is 0 Å². The average Bonchev–Trinajstić information content (AvgIpc) is 2.95. The summed E-state index contributed by atoms with van der Waals surface area (Å²) in [5.74, 6) is 4.95. The Morgan fingerprint density at radius 3 is 2.95 bits per heavy atom. The van der Waals surface area contributed by atoms with Gasteiger partial charge in [-0.3, -0.25) is 11.3 Å². The number of hydrazine groups is 1. The largest absolute Gasteiger partial charge is 0.271 e. The van der Waals surface area contributed by atoms with Gasteiger partial charge in [-0.05, 0) is 54.3 Å². The van der Waals surface area contributed by atoms with Crippen molar-refractivity contribution in [2.75, 3.05) is 0 Å². The third kappa shape index (κ3) is 3.00. The highest BCUT2D eigenvalue weighted by molar-refractivity contribution is 7.10. The van der Waals surface area contributed by atoms with Crippen molar-refractivity contribution >= 4 is 11.3 Å². The van der Waals surface area contributed by atoms with E-state index >= 15 is 0 Å². The number of halogens is 2. The molecule has 5 heteroatoms. The SMILES string of the molecule is NNC(Cc1ccc(F)cc1F)C1CCCc2sccc21. The number of nitrogens with two attached hydrogens (primary N) is 1. The quantitative estimate of drug-likeness (QED) is 0.670. The molecule has 1 aliphatic carbocycles. The van der Waals surface area contributed by atoms with Crippen molar-refractivity contribution in [3.8, 4) is 0 Å². The fourth-order valence-electron chi connectivity index (χ4n) is 3.18. The molecule has 2 nitrogen and oxygen atoms in total. The first kappa shape index (κ1) is 14.6. The Kier molecular flexibility index (Phi) is 4.33. The Balaban J connectivity index is 1.83. The van der Waals surface area contributed by atoms with Crippen molar-refractivity contribution in [3.05, 3.63) is 57.3 Å². The van der Waals surface area contributed by atoms with Crippen molar-refractivity contribution in [3.63, 3.8) is 0 Å². The summed E-state index contributed by atoms with van der Waals surface area (Å²) in [4.78, 5) is 1.41. The van der Waals surface area contributed by atoms with E-state index in [-0.39, 0.29) is 12.0 Å².